The first-order valence-electron chi connectivity index (χ1n) is 8.07. The Hall–Kier alpha value is -2.72. The van der Waals surface area contributed by atoms with E-state index in [0.29, 0.717) is 11.1 Å². The van der Waals surface area contributed by atoms with Gasteiger partial charge in [0, 0.05) is 13.6 Å². The van der Waals surface area contributed by atoms with Crippen LogP contribution in [0.1, 0.15) is 11.1 Å². The Labute approximate surface area is 161 Å². The number of nitrogens with zero attached hydrogens (tertiary/aromatic N) is 1. The fourth-order valence-corrected chi connectivity index (χ4v) is 2.99. The minimum absolute atomic E-state index is 0.0396. The molecular formula is C18H20F2N2O5S. The number of methoxy groups -OCH3 is 1. The maximum absolute atomic E-state index is 12.5. The third-order valence-electron chi connectivity index (χ3n) is 3.90. The monoisotopic (exact) mass is 414 g/mol. The number of rotatable bonds is 8. The van der Waals surface area contributed by atoms with Crippen molar-refractivity contribution in [1.29, 1.82) is 0 Å². The maximum atomic E-state index is 12.5. The number of benzene rings is 2. The van der Waals surface area contributed by atoms with Crippen LogP contribution in [-0.2, 0) is 27.8 Å². The lowest BCUT2D eigenvalue weighted by atomic mass is 10.1. The number of ether oxygens (including phenoxy) is 2. The van der Waals surface area contributed by atoms with Gasteiger partial charge in [-0.25, -0.2) is 13.6 Å². The van der Waals surface area contributed by atoms with Gasteiger partial charge in [0.15, 0.2) is 11.5 Å². The van der Waals surface area contributed by atoms with Crippen molar-refractivity contribution in [3.63, 3.8) is 0 Å². The lowest BCUT2D eigenvalue weighted by Crippen LogP contribution is -2.27. The molecule has 0 saturated heterocycles. The van der Waals surface area contributed by atoms with E-state index in [1.54, 1.807) is 13.1 Å². The molecule has 2 N–H and O–H groups in total. The van der Waals surface area contributed by atoms with Crippen LogP contribution in [0.15, 0.2) is 47.4 Å². The van der Waals surface area contributed by atoms with Crippen LogP contribution in [0.2, 0.25) is 0 Å². The molecule has 0 aliphatic carbocycles. The summed E-state index contributed by atoms with van der Waals surface area (Å²) in [6.07, 6.45) is 0.0396. The summed E-state index contributed by atoms with van der Waals surface area (Å²) in [6, 6.07) is 10.2. The van der Waals surface area contributed by atoms with Crippen molar-refractivity contribution >= 4 is 15.9 Å². The first-order valence-corrected chi connectivity index (χ1v) is 9.62. The van der Waals surface area contributed by atoms with Crippen LogP contribution in [0.3, 0.4) is 0 Å². The van der Waals surface area contributed by atoms with Gasteiger partial charge in [-0.3, -0.25) is 4.79 Å². The molecule has 0 fully saturated rings. The number of amides is 1. The predicted molar refractivity (Wildman–Crippen MR) is 97.6 cm³/mol. The van der Waals surface area contributed by atoms with Crippen LogP contribution >= 0.6 is 0 Å². The molecule has 2 aromatic rings. The van der Waals surface area contributed by atoms with E-state index in [-0.39, 0.29) is 35.3 Å². The summed E-state index contributed by atoms with van der Waals surface area (Å²) in [7, 11) is -0.889. The number of alkyl halides is 2. The molecule has 0 aliphatic rings. The molecule has 0 radical (unpaired) electrons. The Bertz CT molecular complexity index is 933. The number of carbonyl (C=O) groups is 1. The quantitative estimate of drug-likeness (QED) is 0.714. The van der Waals surface area contributed by atoms with Crippen molar-refractivity contribution in [3.05, 3.63) is 53.6 Å². The van der Waals surface area contributed by atoms with Crippen LogP contribution in [0.4, 0.5) is 8.78 Å². The second-order valence-electron chi connectivity index (χ2n) is 5.98. The van der Waals surface area contributed by atoms with Gasteiger partial charge in [0.05, 0.1) is 18.4 Å². The van der Waals surface area contributed by atoms with E-state index in [0.717, 1.165) is 0 Å². The van der Waals surface area contributed by atoms with Crippen LogP contribution in [0, 0.1) is 0 Å². The van der Waals surface area contributed by atoms with Gasteiger partial charge in [-0.05, 0) is 35.4 Å². The summed E-state index contributed by atoms with van der Waals surface area (Å²) in [6.45, 7) is -2.83. The van der Waals surface area contributed by atoms with Gasteiger partial charge in [-0.15, -0.1) is 0 Å². The summed E-state index contributed by atoms with van der Waals surface area (Å²) in [4.78, 5) is 13.8. The van der Waals surface area contributed by atoms with Crippen molar-refractivity contribution in [2.75, 3.05) is 14.2 Å². The van der Waals surface area contributed by atoms with Gasteiger partial charge < -0.3 is 14.4 Å². The summed E-state index contributed by atoms with van der Waals surface area (Å²) < 4.78 is 56.9. The number of halogens is 2. The van der Waals surface area contributed by atoms with E-state index in [4.69, 9.17) is 9.88 Å². The van der Waals surface area contributed by atoms with Crippen molar-refractivity contribution < 1.29 is 31.5 Å². The van der Waals surface area contributed by atoms with Crippen molar-refractivity contribution in [1.82, 2.24) is 4.90 Å². The molecule has 0 spiro atoms. The molecule has 0 heterocycles. The van der Waals surface area contributed by atoms with Gasteiger partial charge in [0.25, 0.3) is 0 Å². The Balaban J connectivity index is 2.05. The molecular weight excluding hydrogens is 394 g/mol. The highest BCUT2D eigenvalue weighted by atomic mass is 32.2. The third kappa shape index (κ3) is 5.89. The molecule has 1 amide bonds. The van der Waals surface area contributed by atoms with E-state index in [9.17, 15) is 22.0 Å². The van der Waals surface area contributed by atoms with Crippen LogP contribution in [0.5, 0.6) is 11.5 Å². The fraction of sp³-hybridized carbons (Fsp3) is 0.278. The molecule has 7 nitrogen and oxygen atoms in total. The average Bonchev–Trinajstić information content (AvgIpc) is 2.61. The normalized spacial score (nSPS) is 11.4. The molecule has 152 valence electrons. The Morgan fingerprint density at radius 1 is 1.11 bits per heavy atom. The van der Waals surface area contributed by atoms with Crippen molar-refractivity contribution in [3.8, 4) is 11.5 Å². The van der Waals surface area contributed by atoms with Crippen molar-refractivity contribution in [2.45, 2.75) is 24.5 Å². The highest BCUT2D eigenvalue weighted by Crippen LogP contribution is 2.29. The predicted octanol–water partition coefficient (Wildman–Crippen LogP) is 2.15. The number of hydrogen-bond donors (Lipinski definition) is 1. The zero-order valence-corrected chi connectivity index (χ0v) is 16.1. The summed E-state index contributed by atoms with van der Waals surface area (Å²) in [5.74, 6) is -0.196. The molecule has 28 heavy (non-hydrogen) atoms. The second kappa shape index (κ2) is 8.98. The molecule has 10 heteroatoms. The first kappa shape index (κ1) is 21.6. The van der Waals surface area contributed by atoms with E-state index >= 15 is 0 Å². The smallest absolute Gasteiger partial charge is 0.387 e. The average molecular weight is 414 g/mol. The zero-order chi connectivity index (χ0) is 20.9. The molecule has 0 aliphatic heterocycles. The van der Waals surface area contributed by atoms with E-state index in [1.807, 2.05) is 0 Å². The van der Waals surface area contributed by atoms with Gasteiger partial charge in [0.2, 0.25) is 15.9 Å². The zero-order valence-electron chi connectivity index (χ0n) is 15.3. The maximum Gasteiger partial charge on any atom is 0.387 e. The van der Waals surface area contributed by atoms with E-state index in [1.165, 1.54) is 48.4 Å². The van der Waals surface area contributed by atoms with Gasteiger partial charge >= 0.3 is 6.61 Å². The standard InChI is InChI=1S/C18H20F2N2O5S/c1-22(11-13-5-8-15(26-2)16(9-13)27-18(19)20)17(23)10-12-3-6-14(7-4-12)28(21,24)25/h3-9,18H,10-11H2,1-2H3,(H2,21,24,25). The summed E-state index contributed by atoms with van der Waals surface area (Å²) in [5, 5.41) is 5.04. The molecule has 2 rings (SSSR count). The van der Waals surface area contributed by atoms with E-state index in [2.05, 4.69) is 4.74 Å². The van der Waals surface area contributed by atoms with E-state index < -0.39 is 16.6 Å². The van der Waals surface area contributed by atoms with Gasteiger partial charge in [-0.2, -0.15) is 8.78 Å². The molecule has 2 aromatic carbocycles. The minimum atomic E-state index is -3.79. The number of likely N-dealkylation sites (N-methyl/N-ethyl adjacent to an activating group) is 1. The van der Waals surface area contributed by atoms with Gasteiger partial charge in [0.1, 0.15) is 0 Å². The van der Waals surface area contributed by atoms with Crippen LogP contribution < -0.4 is 14.6 Å². The number of hydrogen-bond acceptors (Lipinski definition) is 5. The number of nitrogens with two attached hydrogens (primary N) is 1. The molecule has 0 atom stereocenters. The Morgan fingerprint density at radius 2 is 1.71 bits per heavy atom. The molecule has 0 unspecified atom stereocenters. The highest BCUT2D eigenvalue weighted by molar-refractivity contribution is 7.89. The Kier molecular flexibility index (Phi) is 6.92. The SMILES string of the molecule is COc1ccc(CN(C)C(=O)Cc2ccc(S(N)(=O)=O)cc2)cc1OC(F)F. The lowest BCUT2D eigenvalue weighted by molar-refractivity contribution is -0.129. The Morgan fingerprint density at radius 3 is 2.25 bits per heavy atom. The largest absolute Gasteiger partial charge is 0.493 e. The summed E-state index contributed by atoms with van der Waals surface area (Å²) in [5.41, 5.74) is 1.19. The lowest BCUT2D eigenvalue weighted by Gasteiger charge is -2.19. The topological polar surface area (TPSA) is 98.9 Å². The van der Waals surface area contributed by atoms with Crippen molar-refractivity contribution in [2.24, 2.45) is 5.14 Å². The first-order chi connectivity index (χ1) is 13.1. The molecule has 0 bridgehead atoms. The highest BCUT2D eigenvalue weighted by Gasteiger charge is 2.15. The number of primary sulfonamides is 1. The summed E-state index contributed by atoms with van der Waals surface area (Å²) >= 11 is 0. The molecule has 0 saturated carbocycles. The second-order valence-corrected chi connectivity index (χ2v) is 7.54. The third-order valence-corrected chi connectivity index (χ3v) is 4.83. The number of carbonyl (C=O) groups excluding carboxylic acids is 1. The van der Waals surface area contributed by atoms with Crippen LogP contribution in [0.25, 0.3) is 0 Å². The fourth-order valence-electron chi connectivity index (χ4n) is 2.48. The van der Waals surface area contributed by atoms with Crippen LogP contribution in [-0.4, -0.2) is 40.0 Å². The molecule has 0 aromatic heterocycles. The number of sulfonamides is 1. The van der Waals surface area contributed by atoms with Gasteiger partial charge in [-0.1, -0.05) is 18.2 Å². The minimum Gasteiger partial charge on any atom is -0.493 e.